The van der Waals surface area contributed by atoms with Crippen LogP contribution in [0.4, 0.5) is 0 Å². The maximum absolute atomic E-state index is 5.52. The first-order valence-corrected chi connectivity index (χ1v) is 4.87. The van der Waals surface area contributed by atoms with E-state index in [9.17, 15) is 0 Å². The van der Waals surface area contributed by atoms with Crippen LogP contribution in [0.15, 0.2) is 41.1 Å². The lowest BCUT2D eigenvalue weighted by Crippen LogP contribution is -1.95. The molecule has 2 rings (SSSR count). The zero-order valence-corrected chi connectivity index (χ0v) is 8.64. The summed E-state index contributed by atoms with van der Waals surface area (Å²) in [4.78, 5) is 4.06. The number of aryl methyl sites for hydroxylation is 1. The third-order valence-electron chi connectivity index (χ3n) is 2.19. The molecule has 2 aromatic rings. The maximum Gasteiger partial charge on any atom is 0.181 e. The summed E-state index contributed by atoms with van der Waals surface area (Å²) in [5.74, 6) is 0.822. The van der Waals surface area contributed by atoms with E-state index in [-0.39, 0.29) is 0 Å². The zero-order valence-electron chi connectivity index (χ0n) is 8.64. The number of rotatable bonds is 4. The van der Waals surface area contributed by atoms with Gasteiger partial charge in [0.05, 0.1) is 13.2 Å². The van der Waals surface area contributed by atoms with Gasteiger partial charge in [0.25, 0.3) is 0 Å². The largest absolute Gasteiger partial charge is 0.448 e. The third kappa shape index (κ3) is 2.67. The SMILES string of the molecule is Cc1ocnc1COCc1ccccc1. The molecule has 1 heterocycles. The summed E-state index contributed by atoms with van der Waals surface area (Å²) in [5.41, 5.74) is 2.03. The lowest BCUT2D eigenvalue weighted by Gasteiger charge is -2.02. The van der Waals surface area contributed by atoms with Crippen molar-refractivity contribution in [2.75, 3.05) is 0 Å². The molecule has 0 bridgehead atoms. The minimum Gasteiger partial charge on any atom is -0.448 e. The van der Waals surface area contributed by atoms with Crippen LogP contribution in [-0.2, 0) is 18.0 Å². The van der Waals surface area contributed by atoms with E-state index in [0.717, 1.165) is 11.5 Å². The number of benzene rings is 1. The Morgan fingerprint density at radius 1 is 1.20 bits per heavy atom. The van der Waals surface area contributed by atoms with E-state index in [1.807, 2.05) is 37.3 Å². The van der Waals surface area contributed by atoms with Crippen LogP contribution < -0.4 is 0 Å². The van der Waals surface area contributed by atoms with Gasteiger partial charge in [0.2, 0.25) is 0 Å². The highest BCUT2D eigenvalue weighted by Crippen LogP contribution is 2.08. The van der Waals surface area contributed by atoms with Crippen molar-refractivity contribution in [2.45, 2.75) is 20.1 Å². The van der Waals surface area contributed by atoms with Gasteiger partial charge in [-0.25, -0.2) is 4.98 Å². The highest BCUT2D eigenvalue weighted by Gasteiger charge is 2.02. The molecule has 1 aromatic heterocycles. The molecule has 0 amide bonds. The minimum absolute atomic E-state index is 0.497. The standard InChI is InChI=1S/C12H13NO2/c1-10-12(13-9-15-10)8-14-7-11-5-3-2-4-6-11/h2-6,9H,7-8H2,1H3. The van der Waals surface area contributed by atoms with Crippen molar-refractivity contribution in [2.24, 2.45) is 0 Å². The van der Waals surface area contributed by atoms with E-state index in [4.69, 9.17) is 9.15 Å². The molecule has 0 saturated heterocycles. The molecule has 0 aliphatic rings. The van der Waals surface area contributed by atoms with E-state index in [1.54, 1.807) is 0 Å². The Bertz CT molecular complexity index is 409. The van der Waals surface area contributed by atoms with Crippen LogP contribution in [0.5, 0.6) is 0 Å². The van der Waals surface area contributed by atoms with Crippen molar-refractivity contribution < 1.29 is 9.15 Å². The molecule has 0 N–H and O–H groups in total. The summed E-state index contributed by atoms with van der Waals surface area (Å²) in [7, 11) is 0. The number of nitrogens with zero attached hydrogens (tertiary/aromatic N) is 1. The van der Waals surface area contributed by atoms with Gasteiger partial charge in [0, 0.05) is 0 Å². The molecule has 0 aliphatic carbocycles. The van der Waals surface area contributed by atoms with E-state index in [2.05, 4.69) is 4.98 Å². The normalized spacial score (nSPS) is 10.5. The fraction of sp³-hybridized carbons (Fsp3) is 0.250. The van der Waals surface area contributed by atoms with Gasteiger partial charge in [-0.3, -0.25) is 0 Å². The number of hydrogen-bond donors (Lipinski definition) is 0. The molecule has 0 atom stereocenters. The van der Waals surface area contributed by atoms with Gasteiger partial charge in [-0.05, 0) is 12.5 Å². The molecule has 1 aromatic carbocycles. The monoisotopic (exact) mass is 203 g/mol. The first-order valence-electron chi connectivity index (χ1n) is 4.87. The van der Waals surface area contributed by atoms with Crippen molar-refractivity contribution in [3.8, 4) is 0 Å². The Kier molecular flexibility index (Phi) is 3.15. The highest BCUT2D eigenvalue weighted by atomic mass is 16.5. The summed E-state index contributed by atoms with van der Waals surface area (Å²) >= 11 is 0. The molecule has 0 fully saturated rings. The Labute approximate surface area is 88.7 Å². The van der Waals surface area contributed by atoms with E-state index >= 15 is 0 Å². The molecule has 0 saturated carbocycles. The molecule has 15 heavy (non-hydrogen) atoms. The first kappa shape index (κ1) is 9.93. The molecule has 3 heteroatoms. The van der Waals surface area contributed by atoms with Crippen molar-refractivity contribution in [3.63, 3.8) is 0 Å². The van der Waals surface area contributed by atoms with Crippen LogP contribution >= 0.6 is 0 Å². The molecular weight excluding hydrogens is 190 g/mol. The second-order valence-corrected chi connectivity index (χ2v) is 3.33. The number of aromatic nitrogens is 1. The summed E-state index contributed by atoms with van der Waals surface area (Å²) in [6.45, 7) is 2.98. The topological polar surface area (TPSA) is 35.3 Å². The summed E-state index contributed by atoms with van der Waals surface area (Å²) in [5, 5.41) is 0. The van der Waals surface area contributed by atoms with Crippen molar-refractivity contribution in [1.29, 1.82) is 0 Å². The molecule has 3 nitrogen and oxygen atoms in total. The molecule has 0 radical (unpaired) electrons. The second-order valence-electron chi connectivity index (χ2n) is 3.33. The predicted molar refractivity (Wildman–Crippen MR) is 56.2 cm³/mol. The molecule has 0 aliphatic heterocycles. The van der Waals surface area contributed by atoms with Gasteiger partial charge in [-0.1, -0.05) is 30.3 Å². The lowest BCUT2D eigenvalue weighted by atomic mass is 10.2. The molecule has 0 unspecified atom stereocenters. The van der Waals surface area contributed by atoms with Crippen LogP contribution in [0.2, 0.25) is 0 Å². The Balaban J connectivity index is 1.83. The van der Waals surface area contributed by atoms with Crippen LogP contribution in [0.1, 0.15) is 17.0 Å². The zero-order chi connectivity index (χ0) is 10.5. The number of ether oxygens (including phenoxy) is 1. The van der Waals surface area contributed by atoms with Crippen LogP contribution in [0, 0.1) is 6.92 Å². The summed E-state index contributed by atoms with van der Waals surface area (Å²) in [6.07, 6.45) is 1.44. The van der Waals surface area contributed by atoms with E-state index < -0.39 is 0 Å². The fourth-order valence-electron chi connectivity index (χ4n) is 1.31. The smallest absolute Gasteiger partial charge is 0.181 e. The Hall–Kier alpha value is -1.61. The third-order valence-corrected chi connectivity index (χ3v) is 2.19. The van der Waals surface area contributed by atoms with E-state index in [1.165, 1.54) is 12.0 Å². The highest BCUT2D eigenvalue weighted by molar-refractivity contribution is 5.13. The summed E-state index contributed by atoms with van der Waals surface area (Å²) in [6, 6.07) is 10.1. The van der Waals surface area contributed by atoms with Crippen molar-refractivity contribution >= 4 is 0 Å². The number of oxazole rings is 1. The average molecular weight is 203 g/mol. The summed E-state index contributed by atoms with van der Waals surface area (Å²) < 4.78 is 10.6. The lowest BCUT2D eigenvalue weighted by molar-refractivity contribution is 0.104. The fourth-order valence-corrected chi connectivity index (χ4v) is 1.31. The average Bonchev–Trinajstić information content (AvgIpc) is 2.66. The van der Waals surface area contributed by atoms with Crippen LogP contribution in [0.25, 0.3) is 0 Å². The van der Waals surface area contributed by atoms with Gasteiger partial charge in [0.1, 0.15) is 11.5 Å². The maximum atomic E-state index is 5.52. The quantitative estimate of drug-likeness (QED) is 0.766. The van der Waals surface area contributed by atoms with Gasteiger partial charge >= 0.3 is 0 Å². The molecule has 0 spiro atoms. The van der Waals surface area contributed by atoms with Crippen molar-refractivity contribution in [3.05, 3.63) is 53.7 Å². The number of hydrogen-bond acceptors (Lipinski definition) is 3. The van der Waals surface area contributed by atoms with Crippen LogP contribution in [0.3, 0.4) is 0 Å². The first-order chi connectivity index (χ1) is 7.36. The van der Waals surface area contributed by atoms with Crippen LogP contribution in [-0.4, -0.2) is 4.98 Å². The van der Waals surface area contributed by atoms with Gasteiger partial charge in [-0.2, -0.15) is 0 Å². The van der Waals surface area contributed by atoms with Gasteiger partial charge < -0.3 is 9.15 Å². The Morgan fingerprint density at radius 2 is 2.00 bits per heavy atom. The molecular formula is C12H13NO2. The Morgan fingerprint density at radius 3 is 2.67 bits per heavy atom. The predicted octanol–water partition coefficient (Wildman–Crippen LogP) is 2.70. The molecule has 78 valence electrons. The van der Waals surface area contributed by atoms with E-state index in [0.29, 0.717) is 13.2 Å². The van der Waals surface area contributed by atoms with Gasteiger partial charge in [0.15, 0.2) is 6.39 Å². The van der Waals surface area contributed by atoms with Crippen molar-refractivity contribution in [1.82, 2.24) is 4.98 Å². The minimum atomic E-state index is 0.497. The van der Waals surface area contributed by atoms with Gasteiger partial charge in [-0.15, -0.1) is 0 Å². The second kappa shape index (κ2) is 4.75.